The third kappa shape index (κ3) is 4.56. The van der Waals surface area contributed by atoms with Gasteiger partial charge in [-0.2, -0.15) is 0 Å². The molecule has 0 bridgehead atoms. The number of aliphatic carboxylic acids is 1. The zero-order chi connectivity index (χ0) is 20.2. The molecule has 1 N–H and O–H groups in total. The summed E-state index contributed by atoms with van der Waals surface area (Å²) in [5.74, 6) is -2.25. The van der Waals surface area contributed by atoms with Crippen LogP contribution in [0.3, 0.4) is 0 Å². The highest BCUT2D eigenvalue weighted by Gasteiger charge is 2.58. The van der Waals surface area contributed by atoms with Crippen LogP contribution in [-0.4, -0.2) is 39.1 Å². The monoisotopic (exact) mass is 373 g/mol. The molecule has 2 atom stereocenters. The number of rotatable bonds is 5. The van der Waals surface area contributed by atoms with E-state index < -0.39 is 35.0 Å². The quantitative estimate of drug-likeness (QED) is 0.840. The van der Waals surface area contributed by atoms with Crippen molar-refractivity contribution in [1.29, 1.82) is 0 Å². The zero-order valence-corrected chi connectivity index (χ0v) is 16.3. The van der Waals surface area contributed by atoms with Gasteiger partial charge in [0.1, 0.15) is 5.60 Å². The second kappa shape index (κ2) is 7.94. The molecular weight excluding hydrogens is 346 g/mol. The van der Waals surface area contributed by atoms with Gasteiger partial charge in [0, 0.05) is 5.92 Å². The van der Waals surface area contributed by atoms with Crippen molar-refractivity contribution in [1.82, 2.24) is 4.90 Å². The van der Waals surface area contributed by atoms with Gasteiger partial charge in [0.2, 0.25) is 5.91 Å². The lowest BCUT2D eigenvalue weighted by atomic mass is 9.88. The number of carboxylic acid groups (broad SMARTS) is 1. The Bertz CT molecular complexity index is 735. The van der Waals surface area contributed by atoms with Gasteiger partial charge >= 0.3 is 12.1 Å². The summed E-state index contributed by atoms with van der Waals surface area (Å²) in [6, 6.07) is 9.62. The van der Waals surface area contributed by atoms with E-state index in [0.717, 1.165) is 10.5 Å². The highest BCUT2D eigenvalue weighted by molar-refractivity contribution is 6.02. The Morgan fingerprint density at radius 2 is 1.93 bits per heavy atom. The lowest BCUT2D eigenvalue weighted by Gasteiger charge is -2.33. The summed E-state index contributed by atoms with van der Waals surface area (Å²) in [7, 11) is 0. The van der Waals surface area contributed by atoms with Crippen LogP contribution in [0.1, 0.15) is 52.5 Å². The molecule has 2 rings (SSSR count). The largest absolute Gasteiger partial charge is 0.479 e. The molecule has 0 saturated carbocycles. The fourth-order valence-electron chi connectivity index (χ4n) is 3.31. The predicted molar refractivity (Wildman–Crippen MR) is 102 cm³/mol. The molecule has 6 nitrogen and oxygen atoms in total. The number of benzene rings is 1. The van der Waals surface area contributed by atoms with E-state index >= 15 is 0 Å². The predicted octanol–water partition coefficient (Wildman–Crippen LogP) is 4.11. The Balaban J connectivity index is 2.24. The third-order valence-corrected chi connectivity index (χ3v) is 4.67. The van der Waals surface area contributed by atoms with Crippen molar-refractivity contribution in [3.8, 4) is 0 Å². The molecule has 1 aromatic rings. The zero-order valence-electron chi connectivity index (χ0n) is 16.3. The highest BCUT2D eigenvalue weighted by Crippen LogP contribution is 2.40. The summed E-state index contributed by atoms with van der Waals surface area (Å²) >= 11 is 0. The molecule has 0 aromatic heterocycles. The van der Waals surface area contributed by atoms with E-state index in [0.29, 0.717) is 6.42 Å². The summed E-state index contributed by atoms with van der Waals surface area (Å²) in [5, 5.41) is 9.80. The van der Waals surface area contributed by atoms with E-state index in [1.807, 2.05) is 42.5 Å². The van der Waals surface area contributed by atoms with Crippen LogP contribution in [0.25, 0.3) is 6.08 Å². The van der Waals surface area contributed by atoms with E-state index in [4.69, 9.17) is 4.74 Å². The Hall–Kier alpha value is -2.63. The number of imide groups is 1. The molecule has 1 aromatic carbocycles. The number of allylic oxidation sites excluding steroid dienone is 1. The summed E-state index contributed by atoms with van der Waals surface area (Å²) in [6.45, 7) is 6.71. The first-order valence-corrected chi connectivity index (χ1v) is 9.13. The molecule has 0 aliphatic carbocycles. The van der Waals surface area contributed by atoms with Crippen molar-refractivity contribution in [2.24, 2.45) is 5.92 Å². The molecule has 146 valence electrons. The van der Waals surface area contributed by atoms with Gasteiger partial charge in [0.05, 0.1) is 0 Å². The van der Waals surface area contributed by atoms with Gasteiger partial charge in [0.25, 0.3) is 0 Å². The molecule has 1 heterocycles. The minimum absolute atomic E-state index is 0.0794. The standard InChI is InChI=1S/C21H27NO5/c1-5-21(18(24)25)14-16(13-9-12-15-10-7-6-8-11-15)17(23)22(21)19(26)27-20(2,3)4/h6-12,16H,5,13-14H2,1-4H3,(H,24,25)/t16-,21+/m1/s1. The number of carboxylic acids is 1. The van der Waals surface area contributed by atoms with Gasteiger partial charge in [-0.25, -0.2) is 14.5 Å². The maximum Gasteiger partial charge on any atom is 0.418 e. The number of likely N-dealkylation sites (tertiary alicyclic amines) is 1. The van der Waals surface area contributed by atoms with Gasteiger partial charge in [-0.15, -0.1) is 0 Å². The van der Waals surface area contributed by atoms with E-state index in [9.17, 15) is 19.5 Å². The number of amides is 2. The van der Waals surface area contributed by atoms with Gasteiger partial charge < -0.3 is 9.84 Å². The smallest absolute Gasteiger partial charge is 0.418 e. The van der Waals surface area contributed by atoms with Crippen molar-refractivity contribution in [3.05, 3.63) is 42.0 Å². The van der Waals surface area contributed by atoms with E-state index in [-0.39, 0.29) is 12.8 Å². The SMILES string of the molecule is CC[C@@]1(C(=O)O)C[C@@H](CC=Cc2ccccc2)C(=O)N1C(=O)OC(C)(C)C. The maximum atomic E-state index is 12.9. The summed E-state index contributed by atoms with van der Waals surface area (Å²) in [5.41, 5.74) is -1.39. The molecule has 0 radical (unpaired) electrons. The van der Waals surface area contributed by atoms with Gasteiger partial charge in [0.15, 0.2) is 5.54 Å². The van der Waals surface area contributed by atoms with E-state index in [2.05, 4.69) is 0 Å². The normalized spacial score (nSPS) is 23.0. The van der Waals surface area contributed by atoms with Crippen LogP contribution in [0.4, 0.5) is 4.79 Å². The third-order valence-electron chi connectivity index (χ3n) is 4.67. The van der Waals surface area contributed by atoms with Crippen LogP contribution in [0.2, 0.25) is 0 Å². The van der Waals surface area contributed by atoms with Gasteiger partial charge in [-0.05, 0) is 45.6 Å². The van der Waals surface area contributed by atoms with Crippen molar-refractivity contribution in [3.63, 3.8) is 0 Å². The molecule has 0 spiro atoms. The number of carbonyl (C=O) groups excluding carboxylic acids is 2. The van der Waals surface area contributed by atoms with Crippen molar-refractivity contribution >= 4 is 24.0 Å². The molecule has 6 heteroatoms. The van der Waals surface area contributed by atoms with Crippen molar-refractivity contribution in [2.75, 3.05) is 0 Å². The summed E-state index contributed by atoms with van der Waals surface area (Å²) in [4.78, 5) is 38.3. The molecule has 1 aliphatic heterocycles. The average molecular weight is 373 g/mol. The Morgan fingerprint density at radius 3 is 2.44 bits per heavy atom. The Kier molecular flexibility index (Phi) is 6.08. The van der Waals surface area contributed by atoms with Crippen LogP contribution < -0.4 is 0 Å². The lowest BCUT2D eigenvalue weighted by Crippen LogP contribution is -2.55. The minimum Gasteiger partial charge on any atom is -0.479 e. The first kappa shape index (κ1) is 20.7. The Labute approximate surface area is 159 Å². The number of ether oxygens (including phenoxy) is 1. The fraction of sp³-hybridized carbons (Fsp3) is 0.476. The first-order valence-electron chi connectivity index (χ1n) is 9.13. The van der Waals surface area contributed by atoms with Gasteiger partial charge in [-0.3, -0.25) is 4.79 Å². The molecule has 1 fully saturated rings. The van der Waals surface area contributed by atoms with Gasteiger partial charge in [-0.1, -0.05) is 49.4 Å². The molecule has 0 unspecified atom stereocenters. The minimum atomic E-state index is -1.56. The van der Waals surface area contributed by atoms with E-state index in [1.165, 1.54) is 0 Å². The number of carbonyl (C=O) groups is 3. The number of nitrogens with zero attached hydrogens (tertiary/aromatic N) is 1. The molecule has 1 saturated heterocycles. The second-order valence-corrected chi connectivity index (χ2v) is 7.79. The van der Waals surface area contributed by atoms with Crippen LogP contribution >= 0.6 is 0 Å². The topological polar surface area (TPSA) is 83.9 Å². The lowest BCUT2D eigenvalue weighted by molar-refractivity contribution is -0.153. The summed E-state index contributed by atoms with van der Waals surface area (Å²) < 4.78 is 5.31. The van der Waals surface area contributed by atoms with Crippen molar-refractivity contribution < 1.29 is 24.2 Å². The van der Waals surface area contributed by atoms with Crippen LogP contribution in [0, 0.1) is 5.92 Å². The van der Waals surface area contributed by atoms with Crippen LogP contribution in [0.15, 0.2) is 36.4 Å². The van der Waals surface area contributed by atoms with E-state index in [1.54, 1.807) is 27.7 Å². The second-order valence-electron chi connectivity index (χ2n) is 7.79. The first-order chi connectivity index (χ1) is 12.6. The van der Waals surface area contributed by atoms with Crippen molar-refractivity contribution in [2.45, 2.75) is 58.1 Å². The number of hydrogen-bond donors (Lipinski definition) is 1. The molecule has 27 heavy (non-hydrogen) atoms. The summed E-state index contributed by atoms with van der Waals surface area (Å²) in [6.07, 6.45) is 3.41. The average Bonchev–Trinajstić information content (AvgIpc) is 2.88. The highest BCUT2D eigenvalue weighted by atomic mass is 16.6. The molecule has 1 aliphatic rings. The maximum absolute atomic E-state index is 12.9. The Morgan fingerprint density at radius 1 is 1.30 bits per heavy atom. The van der Waals surface area contributed by atoms with Crippen LogP contribution in [0.5, 0.6) is 0 Å². The van der Waals surface area contributed by atoms with Crippen LogP contribution in [-0.2, 0) is 14.3 Å². The molecular formula is C21H27NO5. The fourth-order valence-corrected chi connectivity index (χ4v) is 3.31. The number of hydrogen-bond acceptors (Lipinski definition) is 4. The molecule has 2 amide bonds.